The summed E-state index contributed by atoms with van der Waals surface area (Å²) in [6, 6.07) is 5.71. The summed E-state index contributed by atoms with van der Waals surface area (Å²) in [7, 11) is 0. The predicted octanol–water partition coefficient (Wildman–Crippen LogP) is 0.588. The van der Waals surface area contributed by atoms with E-state index < -0.39 is 0 Å². The van der Waals surface area contributed by atoms with E-state index in [0.717, 1.165) is 5.69 Å². The van der Waals surface area contributed by atoms with Gasteiger partial charge in [0.2, 0.25) is 5.88 Å². The van der Waals surface area contributed by atoms with Gasteiger partial charge in [-0.15, -0.1) is 0 Å². The fraction of sp³-hybridized carbons (Fsp3) is 0.167. The summed E-state index contributed by atoms with van der Waals surface area (Å²) in [5.41, 5.74) is 6.61. The molecule has 0 fully saturated rings. The highest BCUT2D eigenvalue weighted by atomic mass is 16.5. The van der Waals surface area contributed by atoms with E-state index in [1.165, 1.54) is 12.4 Å². The van der Waals surface area contributed by atoms with Crippen molar-refractivity contribution in [3.63, 3.8) is 0 Å². The van der Waals surface area contributed by atoms with Crippen LogP contribution in [0.25, 0.3) is 0 Å². The van der Waals surface area contributed by atoms with Crippen LogP contribution in [-0.4, -0.2) is 32.6 Å². The van der Waals surface area contributed by atoms with Gasteiger partial charge in [0.05, 0.1) is 19.0 Å². The molecule has 2 heterocycles. The van der Waals surface area contributed by atoms with Crippen LogP contribution >= 0.6 is 0 Å². The highest BCUT2D eigenvalue weighted by Gasteiger charge is 2.03. The Morgan fingerprint density at radius 3 is 2.79 bits per heavy atom. The van der Waals surface area contributed by atoms with Crippen molar-refractivity contribution in [2.75, 3.05) is 6.61 Å². The fourth-order valence-electron chi connectivity index (χ4n) is 1.38. The molecule has 0 bridgehead atoms. The van der Waals surface area contributed by atoms with Crippen LogP contribution in [0.1, 0.15) is 11.4 Å². The zero-order valence-electron chi connectivity index (χ0n) is 10.1. The van der Waals surface area contributed by atoms with Crippen LogP contribution in [0.5, 0.6) is 5.88 Å². The van der Waals surface area contributed by atoms with Gasteiger partial charge in [-0.3, -0.25) is 4.98 Å². The van der Waals surface area contributed by atoms with Gasteiger partial charge in [-0.05, 0) is 12.1 Å². The number of pyridine rings is 1. The molecule has 0 spiro atoms. The maximum Gasteiger partial charge on any atom is 0.232 e. The molecule has 7 heteroatoms. The lowest BCUT2D eigenvalue weighted by Gasteiger charge is -2.04. The van der Waals surface area contributed by atoms with E-state index in [1.807, 2.05) is 18.2 Å². The molecule has 0 aromatic carbocycles. The average Bonchev–Trinajstić information content (AvgIpc) is 2.48. The van der Waals surface area contributed by atoms with Crippen molar-refractivity contribution in [2.24, 2.45) is 10.9 Å². The summed E-state index contributed by atoms with van der Waals surface area (Å²) in [5, 5.41) is 11.3. The van der Waals surface area contributed by atoms with Gasteiger partial charge in [0, 0.05) is 18.3 Å². The molecular formula is C12H13N5O2. The van der Waals surface area contributed by atoms with Gasteiger partial charge in [-0.2, -0.15) is 0 Å². The topological polar surface area (TPSA) is 107 Å². The summed E-state index contributed by atoms with van der Waals surface area (Å²) < 4.78 is 5.42. The molecule has 0 saturated heterocycles. The van der Waals surface area contributed by atoms with E-state index in [2.05, 4.69) is 20.1 Å². The number of oxime groups is 1. The fourth-order valence-corrected chi connectivity index (χ4v) is 1.38. The van der Waals surface area contributed by atoms with Crippen LogP contribution in [0, 0.1) is 0 Å². The van der Waals surface area contributed by atoms with Gasteiger partial charge in [-0.1, -0.05) is 11.2 Å². The summed E-state index contributed by atoms with van der Waals surface area (Å²) in [6.45, 7) is 0.453. The van der Waals surface area contributed by atoms with Crippen molar-refractivity contribution < 1.29 is 9.94 Å². The second-order valence-corrected chi connectivity index (χ2v) is 3.64. The van der Waals surface area contributed by atoms with Crippen LogP contribution in [-0.2, 0) is 6.42 Å². The number of hydrogen-bond donors (Lipinski definition) is 2. The first kappa shape index (κ1) is 12.7. The van der Waals surface area contributed by atoms with E-state index in [1.54, 1.807) is 6.20 Å². The minimum absolute atomic E-state index is 0.0902. The van der Waals surface area contributed by atoms with Crippen LogP contribution in [0.3, 0.4) is 0 Å². The SMILES string of the molecule is NC(=NO)c1cnc(OCCc2ccccn2)cn1. The molecule has 2 aromatic heterocycles. The molecule has 0 amide bonds. The molecule has 7 nitrogen and oxygen atoms in total. The quantitative estimate of drug-likeness (QED) is 0.352. The van der Waals surface area contributed by atoms with Gasteiger partial charge in [-0.25, -0.2) is 9.97 Å². The number of hydrogen-bond acceptors (Lipinski definition) is 6. The zero-order valence-corrected chi connectivity index (χ0v) is 10.1. The molecule has 0 unspecified atom stereocenters. The number of nitrogens with zero attached hydrogens (tertiary/aromatic N) is 4. The van der Waals surface area contributed by atoms with Gasteiger partial charge in [0.25, 0.3) is 0 Å². The number of ether oxygens (including phenoxy) is 1. The third-order valence-corrected chi connectivity index (χ3v) is 2.33. The molecule has 19 heavy (non-hydrogen) atoms. The van der Waals surface area contributed by atoms with E-state index >= 15 is 0 Å². The normalized spacial score (nSPS) is 11.3. The number of rotatable bonds is 5. The molecular weight excluding hydrogens is 246 g/mol. The molecule has 0 saturated carbocycles. The molecule has 2 aromatic rings. The molecule has 0 aliphatic carbocycles. The van der Waals surface area contributed by atoms with Crippen LogP contribution in [0.2, 0.25) is 0 Å². The zero-order chi connectivity index (χ0) is 13.5. The Bertz CT molecular complexity index is 542. The Hall–Kier alpha value is -2.70. The lowest BCUT2D eigenvalue weighted by atomic mass is 10.3. The number of nitrogens with two attached hydrogens (primary N) is 1. The van der Waals surface area contributed by atoms with Crippen LogP contribution < -0.4 is 10.5 Å². The van der Waals surface area contributed by atoms with Crippen molar-refractivity contribution in [2.45, 2.75) is 6.42 Å². The largest absolute Gasteiger partial charge is 0.476 e. The van der Waals surface area contributed by atoms with Crippen molar-refractivity contribution in [3.8, 4) is 5.88 Å². The van der Waals surface area contributed by atoms with Gasteiger partial charge < -0.3 is 15.7 Å². The molecule has 0 radical (unpaired) electrons. The second-order valence-electron chi connectivity index (χ2n) is 3.64. The molecule has 98 valence electrons. The van der Waals surface area contributed by atoms with E-state index in [-0.39, 0.29) is 5.84 Å². The lowest BCUT2D eigenvalue weighted by Crippen LogP contribution is -2.15. The number of amidine groups is 1. The van der Waals surface area contributed by atoms with Gasteiger partial charge >= 0.3 is 0 Å². The van der Waals surface area contributed by atoms with Crippen LogP contribution in [0.4, 0.5) is 0 Å². The summed E-state index contributed by atoms with van der Waals surface area (Å²) >= 11 is 0. The summed E-state index contributed by atoms with van der Waals surface area (Å²) in [6.07, 6.45) is 5.22. The summed E-state index contributed by atoms with van der Waals surface area (Å²) in [4.78, 5) is 12.1. The minimum Gasteiger partial charge on any atom is -0.476 e. The Kier molecular flexibility index (Phi) is 4.22. The third kappa shape index (κ3) is 3.63. The Balaban J connectivity index is 1.87. The van der Waals surface area contributed by atoms with Crippen molar-refractivity contribution in [1.82, 2.24) is 15.0 Å². The third-order valence-electron chi connectivity index (χ3n) is 2.33. The first-order valence-electron chi connectivity index (χ1n) is 5.62. The highest BCUT2D eigenvalue weighted by Crippen LogP contribution is 2.05. The first-order valence-corrected chi connectivity index (χ1v) is 5.62. The maximum atomic E-state index is 8.48. The lowest BCUT2D eigenvalue weighted by molar-refractivity contribution is 0.306. The predicted molar refractivity (Wildman–Crippen MR) is 68.0 cm³/mol. The Morgan fingerprint density at radius 2 is 2.16 bits per heavy atom. The Morgan fingerprint density at radius 1 is 1.26 bits per heavy atom. The Labute approximate surface area is 109 Å². The first-order chi connectivity index (χ1) is 9.29. The highest BCUT2D eigenvalue weighted by molar-refractivity contribution is 5.94. The maximum absolute atomic E-state index is 8.48. The molecule has 0 aliphatic heterocycles. The van der Waals surface area contributed by atoms with Crippen LogP contribution in [0.15, 0.2) is 41.9 Å². The molecule has 2 rings (SSSR count). The van der Waals surface area contributed by atoms with E-state index in [4.69, 9.17) is 15.7 Å². The van der Waals surface area contributed by atoms with E-state index in [9.17, 15) is 0 Å². The standard InChI is InChI=1S/C12H13N5O2/c13-12(17-18)10-7-16-11(8-15-10)19-6-4-9-3-1-2-5-14-9/h1-3,5,7-8,18H,4,6H2,(H2,13,17). The van der Waals surface area contributed by atoms with Crippen molar-refractivity contribution in [3.05, 3.63) is 48.2 Å². The molecule has 0 aliphatic rings. The monoisotopic (exact) mass is 259 g/mol. The number of aromatic nitrogens is 3. The van der Waals surface area contributed by atoms with E-state index in [0.29, 0.717) is 24.6 Å². The molecule has 3 N–H and O–H groups in total. The summed E-state index contributed by atoms with van der Waals surface area (Å²) in [5.74, 6) is 0.290. The minimum atomic E-state index is -0.0902. The molecule has 0 atom stereocenters. The van der Waals surface area contributed by atoms with Crippen molar-refractivity contribution >= 4 is 5.84 Å². The second kappa shape index (κ2) is 6.29. The van der Waals surface area contributed by atoms with Gasteiger partial charge in [0.1, 0.15) is 5.69 Å². The smallest absolute Gasteiger partial charge is 0.232 e. The van der Waals surface area contributed by atoms with Gasteiger partial charge in [0.15, 0.2) is 5.84 Å². The van der Waals surface area contributed by atoms with Crippen molar-refractivity contribution in [1.29, 1.82) is 0 Å². The average molecular weight is 259 g/mol.